The van der Waals surface area contributed by atoms with Gasteiger partial charge in [0.05, 0.1) is 19.6 Å². The smallest absolute Gasteiger partial charge is 0.388 e. The van der Waals surface area contributed by atoms with Gasteiger partial charge in [0.2, 0.25) is 0 Å². The molecule has 2 fully saturated rings. The Morgan fingerprint density at radius 3 is 2.77 bits per heavy atom. The fourth-order valence-corrected chi connectivity index (χ4v) is 5.19. The fourth-order valence-electron chi connectivity index (χ4n) is 5.19. The van der Waals surface area contributed by atoms with Gasteiger partial charge in [-0.25, -0.2) is 4.79 Å². The molecule has 3 atom stereocenters. The van der Waals surface area contributed by atoms with Gasteiger partial charge in [0, 0.05) is 31.2 Å². The molecule has 5 rings (SSSR count). The van der Waals surface area contributed by atoms with Gasteiger partial charge in [-0.15, -0.1) is 4.99 Å². The molecular formula is C22H28N3O5+. The van der Waals surface area contributed by atoms with Gasteiger partial charge in [-0.2, -0.15) is 0 Å². The number of nitrogens with zero attached hydrogens (tertiary/aromatic N) is 2. The molecule has 2 amide bonds. The van der Waals surface area contributed by atoms with E-state index in [2.05, 4.69) is 9.89 Å². The highest BCUT2D eigenvalue weighted by Crippen LogP contribution is 2.33. The molecule has 0 aromatic heterocycles. The average Bonchev–Trinajstić information content (AvgIpc) is 3.33. The first kappa shape index (κ1) is 19.5. The SMILES string of the molecule is O=C1CCC(N2Cc3cc(O[C@@H]4CCC[C@H]4N4CCOCC4)ccc3C2=O)C(O)=[NH+]1. The topological polar surface area (TPSA) is 93.3 Å². The largest absolute Gasteiger partial charge is 0.489 e. The molecule has 1 aromatic rings. The molecule has 1 aliphatic carbocycles. The van der Waals surface area contributed by atoms with E-state index in [0.29, 0.717) is 31.0 Å². The maximum Gasteiger partial charge on any atom is 0.388 e. The zero-order chi connectivity index (χ0) is 20.7. The van der Waals surface area contributed by atoms with Crippen LogP contribution in [0.15, 0.2) is 18.2 Å². The monoisotopic (exact) mass is 414 g/mol. The summed E-state index contributed by atoms with van der Waals surface area (Å²) in [5, 5.41) is 10.1. The first-order valence-corrected chi connectivity index (χ1v) is 10.9. The van der Waals surface area contributed by atoms with E-state index in [1.807, 2.05) is 18.2 Å². The van der Waals surface area contributed by atoms with Crippen LogP contribution >= 0.6 is 0 Å². The molecule has 0 spiro atoms. The molecular weight excluding hydrogens is 386 g/mol. The number of nitrogens with one attached hydrogen (secondary N) is 1. The third kappa shape index (κ3) is 3.58. The van der Waals surface area contributed by atoms with Crippen LogP contribution in [0.25, 0.3) is 0 Å². The number of aliphatic hydroxyl groups excluding tert-OH is 1. The number of rotatable bonds is 4. The Labute approximate surface area is 175 Å². The molecule has 1 unspecified atom stereocenters. The van der Waals surface area contributed by atoms with Crippen LogP contribution < -0.4 is 9.73 Å². The Morgan fingerprint density at radius 1 is 1.13 bits per heavy atom. The summed E-state index contributed by atoms with van der Waals surface area (Å²) in [5.74, 6) is 0.327. The number of amides is 2. The lowest BCUT2D eigenvalue weighted by Crippen LogP contribution is -2.82. The van der Waals surface area contributed by atoms with E-state index in [9.17, 15) is 14.7 Å². The molecule has 0 bridgehead atoms. The van der Waals surface area contributed by atoms with Gasteiger partial charge in [0.15, 0.2) is 6.04 Å². The second-order valence-electron chi connectivity index (χ2n) is 8.54. The van der Waals surface area contributed by atoms with Crippen LogP contribution in [0, 0.1) is 0 Å². The maximum atomic E-state index is 12.9. The van der Waals surface area contributed by atoms with Crippen molar-refractivity contribution in [2.75, 3.05) is 26.3 Å². The summed E-state index contributed by atoms with van der Waals surface area (Å²) >= 11 is 0. The zero-order valence-electron chi connectivity index (χ0n) is 17.0. The van der Waals surface area contributed by atoms with E-state index in [1.54, 1.807) is 4.90 Å². The standard InChI is InChI=1S/C22H27N3O5/c26-20-7-6-18(21(27)23-20)25-13-14-12-15(4-5-16(14)22(25)28)30-19-3-1-2-17(19)24-8-10-29-11-9-24/h4-5,12,17-19H,1-3,6-11,13H2,(H,23,26,27)/p+1/t17-,18?,19-/m1/s1. The van der Waals surface area contributed by atoms with Crippen molar-refractivity contribution < 1.29 is 29.2 Å². The second kappa shape index (κ2) is 8.00. The van der Waals surface area contributed by atoms with Crippen LogP contribution in [0.5, 0.6) is 5.75 Å². The summed E-state index contributed by atoms with van der Waals surface area (Å²) in [6.45, 7) is 3.89. The zero-order valence-corrected chi connectivity index (χ0v) is 17.0. The summed E-state index contributed by atoms with van der Waals surface area (Å²) in [6, 6.07) is 5.59. The molecule has 1 saturated heterocycles. The minimum atomic E-state index is -0.479. The number of carbonyl (C=O) groups is 2. The first-order chi connectivity index (χ1) is 14.6. The van der Waals surface area contributed by atoms with E-state index in [-0.39, 0.29) is 23.8 Å². The Kier molecular flexibility index (Phi) is 5.20. The molecule has 8 heteroatoms. The number of ether oxygens (including phenoxy) is 2. The van der Waals surface area contributed by atoms with Crippen molar-refractivity contribution in [3.8, 4) is 5.75 Å². The van der Waals surface area contributed by atoms with Crippen molar-refractivity contribution in [3.63, 3.8) is 0 Å². The third-order valence-electron chi connectivity index (χ3n) is 6.73. The molecule has 2 N–H and O–H groups in total. The van der Waals surface area contributed by atoms with E-state index >= 15 is 0 Å². The number of aliphatic hydroxyl groups is 1. The van der Waals surface area contributed by atoms with Crippen molar-refractivity contribution in [1.29, 1.82) is 0 Å². The van der Waals surface area contributed by atoms with E-state index in [0.717, 1.165) is 56.9 Å². The fraction of sp³-hybridized carbons (Fsp3) is 0.591. The summed E-state index contributed by atoms with van der Waals surface area (Å²) < 4.78 is 11.9. The number of morpholine rings is 1. The Bertz CT molecular complexity index is 880. The highest BCUT2D eigenvalue weighted by Gasteiger charge is 2.41. The van der Waals surface area contributed by atoms with E-state index in [4.69, 9.17) is 9.47 Å². The molecule has 8 nitrogen and oxygen atoms in total. The maximum absolute atomic E-state index is 12.9. The molecule has 1 aromatic carbocycles. The first-order valence-electron chi connectivity index (χ1n) is 10.9. The van der Waals surface area contributed by atoms with Crippen molar-refractivity contribution in [1.82, 2.24) is 9.80 Å². The lowest BCUT2D eigenvalue weighted by Gasteiger charge is -2.35. The van der Waals surface area contributed by atoms with E-state index in [1.165, 1.54) is 0 Å². The van der Waals surface area contributed by atoms with Crippen LogP contribution in [-0.2, 0) is 16.1 Å². The van der Waals surface area contributed by atoms with Gasteiger partial charge in [0.25, 0.3) is 5.91 Å². The summed E-state index contributed by atoms with van der Waals surface area (Å²) in [7, 11) is 0. The lowest BCUT2D eigenvalue weighted by atomic mass is 10.1. The van der Waals surface area contributed by atoms with Crippen molar-refractivity contribution in [2.24, 2.45) is 0 Å². The Morgan fingerprint density at radius 2 is 1.97 bits per heavy atom. The molecule has 3 aliphatic heterocycles. The molecule has 30 heavy (non-hydrogen) atoms. The third-order valence-corrected chi connectivity index (χ3v) is 6.73. The minimum Gasteiger partial charge on any atom is -0.489 e. The molecule has 4 aliphatic rings. The van der Waals surface area contributed by atoms with Gasteiger partial charge in [-0.1, -0.05) is 0 Å². The normalized spacial score (nSPS) is 29.8. The van der Waals surface area contributed by atoms with Gasteiger partial charge < -0.3 is 19.5 Å². The Hall–Kier alpha value is -2.45. The van der Waals surface area contributed by atoms with Gasteiger partial charge >= 0.3 is 11.8 Å². The molecule has 3 heterocycles. The number of hydrogen-bond donors (Lipinski definition) is 2. The molecule has 1 saturated carbocycles. The summed E-state index contributed by atoms with van der Waals surface area (Å²) in [6.07, 6.45) is 4.23. The van der Waals surface area contributed by atoms with Crippen molar-refractivity contribution in [3.05, 3.63) is 29.3 Å². The van der Waals surface area contributed by atoms with Gasteiger partial charge in [-0.05, 0) is 49.4 Å². The number of benzene rings is 1. The van der Waals surface area contributed by atoms with E-state index < -0.39 is 6.04 Å². The van der Waals surface area contributed by atoms with Crippen LogP contribution in [0.1, 0.15) is 48.0 Å². The average molecular weight is 414 g/mol. The van der Waals surface area contributed by atoms with Gasteiger partial charge in [-0.3, -0.25) is 9.69 Å². The highest BCUT2D eigenvalue weighted by molar-refractivity contribution is 6.01. The number of carbonyl (C=O) groups excluding carboxylic acids is 2. The molecule has 0 radical (unpaired) electrons. The summed E-state index contributed by atoms with van der Waals surface area (Å²) in [4.78, 5) is 30.9. The second-order valence-corrected chi connectivity index (χ2v) is 8.54. The van der Waals surface area contributed by atoms with Crippen LogP contribution in [0.3, 0.4) is 0 Å². The van der Waals surface area contributed by atoms with Crippen molar-refractivity contribution in [2.45, 2.75) is 56.8 Å². The van der Waals surface area contributed by atoms with Crippen LogP contribution in [0.2, 0.25) is 0 Å². The van der Waals surface area contributed by atoms with Crippen LogP contribution in [0.4, 0.5) is 0 Å². The number of hydrogen-bond acceptors (Lipinski definition) is 5. The number of fused-ring (bicyclic) bond motifs is 1. The lowest BCUT2D eigenvalue weighted by molar-refractivity contribution is -0.394. The predicted octanol–water partition coefficient (Wildman–Crippen LogP) is 0.000600. The molecule has 160 valence electrons. The quantitative estimate of drug-likeness (QED) is 0.721. The van der Waals surface area contributed by atoms with Crippen molar-refractivity contribution >= 4 is 17.7 Å². The highest BCUT2D eigenvalue weighted by atomic mass is 16.5. The predicted molar refractivity (Wildman–Crippen MR) is 107 cm³/mol. The van der Waals surface area contributed by atoms with Gasteiger partial charge in [0.1, 0.15) is 11.9 Å². The minimum absolute atomic E-state index is 0.115. The summed E-state index contributed by atoms with van der Waals surface area (Å²) in [5.41, 5.74) is 1.55. The Balaban J connectivity index is 1.30. The van der Waals surface area contributed by atoms with Crippen LogP contribution in [-0.4, -0.2) is 77.1 Å².